The molecule has 0 saturated carbocycles. The molecule has 128 valence electrons. The highest BCUT2D eigenvalue weighted by Crippen LogP contribution is 2.24. The molecule has 0 saturated heterocycles. The van der Waals surface area contributed by atoms with Gasteiger partial charge in [0.2, 0.25) is 5.91 Å². The van der Waals surface area contributed by atoms with E-state index < -0.39 is 12.0 Å². The lowest BCUT2D eigenvalue weighted by Gasteiger charge is -2.13. The zero-order chi connectivity index (χ0) is 17.5. The fourth-order valence-electron chi connectivity index (χ4n) is 2.02. The predicted molar refractivity (Wildman–Crippen MR) is 93.8 cm³/mol. The summed E-state index contributed by atoms with van der Waals surface area (Å²) in [6.07, 6.45) is 2.27. The third-order valence-electron chi connectivity index (χ3n) is 3.23. The Morgan fingerprint density at radius 3 is 2.71 bits per heavy atom. The molecule has 2 aromatic rings. The Bertz CT molecular complexity index is 704. The molecule has 8 heteroatoms. The van der Waals surface area contributed by atoms with Gasteiger partial charge >= 0.3 is 5.97 Å². The smallest absolute Gasteiger partial charge is 0.326 e. The van der Waals surface area contributed by atoms with E-state index in [0.717, 1.165) is 5.56 Å². The number of thiazole rings is 1. The number of hydrogen-bond donors (Lipinski definition) is 2. The molecule has 1 atom stereocenters. The van der Waals surface area contributed by atoms with Crippen LogP contribution in [0.1, 0.15) is 12.1 Å². The van der Waals surface area contributed by atoms with Crippen LogP contribution >= 0.6 is 23.1 Å². The molecule has 0 bridgehead atoms. The zero-order valence-electron chi connectivity index (χ0n) is 13.0. The van der Waals surface area contributed by atoms with E-state index in [2.05, 4.69) is 10.3 Å². The number of halogens is 1. The minimum atomic E-state index is -1.04. The molecule has 5 nitrogen and oxygen atoms in total. The second kappa shape index (κ2) is 8.79. The summed E-state index contributed by atoms with van der Waals surface area (Å²) in [6.45, 7) is 0. The van der Waals surface area contributed by atoms with Gasteiger partial charge in [-0.2, -0.15) is 11.8 Å². The van der Waals surface area contributed by atoms with Gasteiger partial charge < -0.3 is 10.4 Å². The van der Waals surface area contributed by atoms with Crippen molar-refractivity contribution >= 4 is 35.0 Å². The summed E-state index contributed by atoms with van der Waals surface area (Å²) in [4.78, 5) is 27.5. The van der Waals surface area contributed by atoms with Crippen LogP contribution in [-0.2, 0) is 16.0 Å². The fourth-order valence-corrected chi connectivity index (χ4v) is 3.31. The summed E-state index contributed by atoms with van der Waals surface area (Å²) in [5, 5.41) is 14.1. The molecular weight excluding hydrogens is 351 g/mol. The van der Waals surface area contributed by atoms with Crippen molar-refractivity contribution in [3.8, 4) is 10.6 Å². The zero-order valence-corrected chi connectivity index (χ0v) is 14.6. The number of benzene rings is 1. The van der Waals surface area contributed by atoms with Crippen molar-refractivity contribution in [2.75, 3.05) is 12.0 Å². The van der Waals surface area contributed by atoms with Crippen molar-refractivity contribution in [1.82, 2.24) is 10.3 Å². The van der Waals surface area contributed by atoms with E-state index in [-0.39, 0.29) is 18.1 Å². The summed E-state index contributed by atoms with van der Waals surface area (Å²) in [7, 11) is 0. The largest absolute Gasteiger partial charge is 0.480 e. The fraction of sp³-hybridized carbons (Fsp3) is 0.312. The Hall–Kier alpha value is -1.93. The second-order valence-electron chi connectivity index (χ2n) is 5.07. The third-order valence-corrected chi connectivity index (χ3v) is 4.81. The van der Waals surface area contributed by atoms with Crippen LogP contribution in [0.2, 0.25) is 0 Å². The van der Waals surface area contributed by atoms with Gasteiger partial charge in [0.1, 0.15) is 16.9 Å². The summed E-state index contributed by atoms with van der Waals surface area (Å²) < 4.78 is 12.9. The van der Waals surface area contributed by atoms with E-state index in [4.69, 9.17) is 5.11 Å². The first-order valence-corrected chi connectivity index (χ1v) is 9.48. The lowest BCUT2D eigenvalue weighted by molar-refractivity contribution is -0.141. The molecule has 24 heavy (non-hydrogen) atoms. The highest BCUT2D eigenvalue weighted by molar-refractivity contribution is 7.98. The Kier molecular flexibility index (Phi) is 6.74. The molecule has 0 spiro atoms. The van der Waals surface area contributed by atoms with Gasteiger partial charge in [-0.1, -0.05) is 0 Å². The van der Waals surface area contributed by atoms with E-state index in [1.165, 1.54) is 35.2 Å². The number of nitrogens with one attached hydrogen (secondary N) is 1. The number of aliphatic carboxylic acids is 1. The van der Waals surface area contributed by atoms with Crippen LogP contribution in [0.15, 0.2) is 29.6 Å². The Morgan fingerprint density at radius 2 is 2.08 bits per heavy atom. The monoisotopic (exact) mass is 368 g/mol. The van der Waals surface area contributed by atoms with Crippen molar-refractivity contribution in [3.63, 3.8) is 0 Å². The van der Waals surface area contributed by atoms with Crippen molar-refractivity contribution in [3.05, 3.63) is 41.2 Å². The van der Waals surface area contributed by atoms with Crippen LogP contribution in [0.25, 0.3) is 10.6 Å². The highest BCUT2D eigenvalue weighted by Gasteiger charge is 2.20. The maximum absolute atomic E-state index is 12.9. The number of carbonyl (C=O) groups is 2. The number of carboxylic acid groups (broad SMARTS) is 1. The average molecular weight is 368 g/mol. The summed E-state index contributed by atoms with van der Waals surface area (Å²) in [5.41, 5.74) is 1.34. The van der Waals surface area contributed by atoms with Crippen LogP contribution in [-0.4, -0.2) is 40.0 Å². The highest BCUT2D eigenvalue weighted by atomic mass is 32.2. The molecule has 1 aromatic carbocycles. The van der Waals surface area contributed by atoms with E-state index >= 15 is 0 Å². The van der Waals surface area contributed by atoms with Crippen LogP contribution in [0.3, 0.4) is 0 Å². The lowest BCUT2D eigenvalue weighted by Crippen LogP contribution is -2.41. The minimum absolute atomic E-state index is 0.0146. The topological polar surface area (TPSA) is 79.3 Å². The van der Waals surface area contributed by atoms with E-state index in [9.17, 15) is 14.0 Å². The van der Waals surface area contributed by atoms with Crippen LogP contribution in [0, 0.1) is 5.82 Å². The Labute approximate surface area is 147 Å². The first-order chi connectivity index (χ1) is 11.5. The second-order valence-corrected chi connectivity index (χ2v) is 6.91. The Morgan fingerprint density at radius 1 is 1.38 bits per heavy atom. The Balaban J connectivity index is 1.97. The molecule has 0 aliphatic rings. The van der Waals surface area contributed by atoms with Gasteiger partial charge in [0.05, 0.1) is 12.1 Å². The van der Waals surface area contributed by atoms with Crippen molar-refractivity contribution < 1.29 is 19.1 Å². The molecule has 0 unspecified atom stereocenters. The van der Waals surface area contributed by atoms with Crippen LogP contribution in [0.5, 0.6) is 0 Å². The van der Waals surface area contributed by atoms with Gasteiger partial charge in [0.15, 0.2) is 0 Å². The summed E-state index contributed by atoms with van der Waals surface area (Å²) >= 11 is 2.88. The number of thioether (sulfide) groups is 1. The standard InChI is InChI=1S/C16H17FN2O3S2/c1-23-7-6-13(16(21)22)19-14(20)8-12-9-24-15(18-12)10-2-4-11(17)5-3-10/h2-5,9,13H,6-8H2,1H3,(H,19,20)(H,21,22)/t13-/m0/s1. The maximum atomic E-state index is 12.9. The molecule has 0 aliphatic carbocycles. The van der Waals surface area contributed by atoms with Crippen LogP contribution < -0.4 is 5.32 Å². The molecule has 2 rings (SSSR count). The molecule has 1 aromatic heterocycles. The van der Waals surface area contributed by atoms with Gasteiger partial charge in [-0.25, -0.2) is 14.2 Å². The molecule has 1 amide bonds. The molecule has 2 N–H and O–H groups in total. The van der Waals surface area contributed by atoms with Gasteiger partial charge in [0.25, 0.3) is 0 Å². The number of carboxylic acids is 1. The first-order valence-electron chi connectivity index (χ1n) is 7.21. The maximum Gasteiger partial charge on any atom is 0.326 e. The van der Waals surface area contributed by atoms with Gasteiger partial charge in [-0.3, -0.25) is 4.79 Å². The first kappa shape index (κ1) is 18.4. The number of hydrogen-bond acceptors (Lipinski definition) is 5. The summed E-state index contributed by atoms with van der Waals surface area (Å²) in [6, 6.07) is 5.07. The molecule has 0 fully saturated rings. The number of amides is 1. The predicted octanol–water partition coefficient (Wildman–Crippen LogP) is 2.81. The van der Waals surface area contributed by atoms with Gasteiger partial charge in [-0.15, -0.1) is 11.3 Å². The van der Waals surface area contributed by atoms with Crippen molar-refractivity contribution in [2.45, 2.75) is 18.9 Å². The molecule has 0 aliphatic heterocycles. The third kappa shape index (κ3) is 5.31. The van der Waals surface area contributed by atoms with Gasteiger partial charge in [0, 0.05) is 10.9 Å². The SMILES string of the molecule is CSCC[C@H](NC(=O)Cc1csc(-c2ccc(F)cc2)n1)C(=O)O. The van der Waals surface area contributed by atoms with E-state index in [1.807, 2.05) is 6.26 Å². The van der Waals surface area contributed by atoms with Gasteiger partial charge in [-0.05, 0) is 42.7 Å². The van der Waals surface area contributed by atoms with Crippen molar-refractivity contribution in [1.29, 1.82) is 0 Å². The quantitative estimate of drug-likeness (QED) is 0.749. The average Bonchev–Trinajstić information content (AvgIpc) is 3.00. The van der Waals surface area contributed by atoms with Crippen LogP contribution in [0.4, 0.5) is 4.39 Å². The molecule has 0 radical (unpaired) electrons. The van der Waals surface area contributed by atoms with E-state index in [0.29, 0.717) is 22.9 Å². The minimum Gasteiger partial charge on any atom is -0.480 e. The molecule has 1 heterocycles. The molecular formula is C16H17FN2O3S2. The number of carbonyl (C=O) groups excluding carboxylic acids is 1. The lowest BCUT2D eigenvalue weighted by atomic mass is 10.2. The summed E-state index contributed by atoms with van der Waals surface area (Å²) in [5.74, 6) is -1.08. The number of nitrogens with zero attached hydrogens (tertiary/aromatic N) is 1. The number of rotatable bonds is 8. The number of aromatic nitrogens is 1. The normalized spacial score (nSPS) is 11.9. The van der Waals surface area contributed by atoms with Crippen molar-refractivity contribution in [2.24, 2.45) is 0 Å². The van der Waals surface area contributed by atoms with E-state index in [1.54, 1.807) is 17.5 Å².